The highest BCUT2D eigenvalue weighted by atomic mass is 19.4. The van der Waals surface area contributed by atoms with Crippen molar-refractivity contribution in [3.8, 4) is 0 Å². The highest BCUT2D eigenvalue weighted by molar-refractivity contribution is 6.03. The number of hydrogen-bond acceptors (Lipinski definition) is 5. The largest absolute Gasteiger partial charge is 0.442 e. The van der Waals surface area contributed by atoms with Crippen LogP contribution in [0.15, 0.2) is 23.3 Å². The number of rotatable bonds is 2. The van der Waals surface area contributed by atoms with Crippen LogP contribution in [0.5, 0.6) is 0 Å². The average Bonchev–Trinajstić information content (AvgIpc) is 2.86. The van der Waals surface area contributed by atoms with E-state index in [4.69, 9.17) is 4.74 Å². The fraction of sp³-hybridized carbons (Fsp3) is 0.467. The van der Waals surface area contributed by atoms with Gasteiger partial charge in [0.1, 0.15) is 12.3 Å². The van der Waals surface area contributed by atoms with E-state index in [1.165, 1.54) is 6.07 Å². The summed E-state index contributed by atoms with van der Waals surface area (Å²) < 4.78 is 45.5. The Kier molecular flexibility index (Phi) is 4.22. The number of alkyl halides is 3. The van der Waals surface area contributed by atoms with Crippen LogP contribution in [0.25, 0.3) is 0 Å². The van der Waals surface area contributed by atoms with Gasteiger partial charge in [-0.05, 0) is 25.5 Å². The van der Waals surface area contributed by atoms with Gasteiger partial charge in [-0.25, -0.2) is 10.2 Å². The molecule has 1 fully saturated rings. The van der Waals surface area contributed by atoms with Crippen LogP contribution in [0.2, 0.25) is 0 Å². The van der Waals surface area contributed by atoms with Crippen LogP contribution in [-0.4, -0.2) is 30.5 Å². The smallest absolute Gasteiger partial charge is 0.428 e. The molecule has 0 radical (unpaired) electrons. The van der Waals surface area contributed by atoms with E-state index >= 15 is 0 Å². The summed E-state index contributed by atoms with van der Waals surface area (Å²) in [5, 5.41) is 3.76. The molecule has 1 saturated heterocycles. The zero-order chi connectivity index (χ0) is 17.5. The number of hydrazone groups is 1. The third-order valence-electron chi connectivity index (χ3n) is 4.29. The zero-order valence-electron chi connectivity index (χ0n) is 13.1. The summed E-state index contributed by atoms with van der Waals surface area (Å²) in [4.78, 5) is 10.9. The molecule has 0 bridgehead atoms. The lowest BCUT2D eigenvalue weighted by Gasteiger charge is -2.24. The van der Waals surface area contributed by atoms with Crippen LogP contribution in [0.3, 0.4) is 0 Å². The number of hydrazine groups is 1. The zero-order valence-corrected chi connectivity index (χ0v) is 13.1. The van der Waals surface area contributed by atoms with Gasteiger partial charge in [0.05, 0.1) is 5.56 Å². The first kappa shape index (κ1) is 16.7. The number of nitrogens with zero attached hydrogens (tertiary/aromatic N) is 1. The fourth-order valence-corrected chi connectivity index (χ4v) is 3.15. The molecule has 0 spiro atoms. The van der Waals surface area contributed by atoms with Crippen LogP contribution in [-0.2, 0) is 10.9 Å². The van der Waals surface area contributed by atoms with Crippen molar-refractivity contribution in [3.05, 3.63) is 34.9 Å². The Hall–Kier alpha value is -2.13. The molecule has 0 saturated carbocycles. The van der Waals surface area contributed by atoms with Crippen molar-refractivity contribution in [2.24, 2.45) is 5.10 Å². The van der Waals surface area contributed by atoms with Crippen LogP contribution in [0.4, 0.5) is 18.0 Å². The van der Waals surface area contributed by atoms with E-state index < -0.39 is 17.8 Å². The van der Waals surface area contributed by atoms with E-state index in [1.807, 2.05) is 13.8 Å². The Labute approximate surface area is 136 Å². The molecule has 2 heterocycles. The molecule has 9 heteroatoms. The van der Waals surface area contributed by atoms with Gasteiger partial charge >= 0.3 is 12.3 Å². The summed E-state index contributed by atoms with van der Waals surface area (Å²) in [5.74, 6) is -0.320. The standard InChI is InChI=1S/C15H17F3N4O2/c1-7-13(8(2)20-19-7)10-4-3-9(5-11(10)15(16,17)18)12-6-24-14(23)22-21-12/h3-5,7-8,13,19-20H,6H2,1-2H3,(H,22,23). The first-order chi connectivity index (χ1) is 11.3. The maximum atomic E-state index is 13.6. The molecule has 0 aromatic heterocycles. The molecular weight excluding hydrogens is 325 g/mol. The van der Waals surface area contributed by atoms with E-state index in [-0.39, 0.29) is 41.4 Å². The normalized spacial score (nSPS) is 27.5. The topological polar surface area (TPSA) is 74.8 Å². The molecule has 1 aromatic rings. The Balaban J connectivity index is 2.03. The number of nitrogens with one attached hydrogen (secondary N) is 3. The van der Waals surface area contributed by atoms with E-state index in [0.717, 1.165) is 6.07 Å². The minimum absolute atomic E-state index is 0.137. The van der Waals surface area contributed by atoms with Crippen LogP contribution < -0.4 is 16.3 Å². The van der Waals surface area contributed by atoms with Gasteiger partial charge in [-0.3, -0.25) is 10.9 Å². The van der Waals surface area contributed by atoms with Crippen molar-refractivity contribution >= 4 is 11.8 Å². The number of ether oxygens (including phenoxy) is 1. The maximum absolute atomic E-state index is 13.6. The van der Waals surface area contributed by atoms with Crippen molar-refractivity contribution in [1.82, 2.24) is 16.3 Å². The van der Waals surface area contributed by atoms with Crippen molar-refractivity contribution < 1.29 is 22.7 Å². The molecule has 2 atom stereocenters. The summed E-state index contributed by atoms with van der Waals surface area (Å²) in [6.07, 6.45) is -5.22. The predicted octanol–water partition coefficient (Wildman–Crippen LogP) is 2.12. The maximum Gasteiger partial charge on any atom is 0.428 e. The third-order valence-corrected chi connectivity index (χ3v) is 4.29. The Morgan fingerprint density at radius 2 is 1.88 bits per heavy atom. The number of carbonyl (C=O) groups excluding carboxylic acids is 1. The molecule has 2 aliphatic rings. The lowest BCUT2D eigenvalue weighted by atomic mass is 9.84. The Bertz CT molecular complexity index is 680. The monoisotopic (exact) mass is 342 g/mol. The van der Waals surface area contributed by atoms with E-state index in [2.05, 4.69) is 21.4 Å². The van der Waals surface area contributed by atoms with Gasteiger partial charge in [-0.1, -0.05) is 12.1 Å². The van der Waals surface area contributed by atoms with Gasteiger partial charge in [0.25, 0.3) is 0 Å². The van der Waals surface area contributed by atoms with Crippen molar-refractivity contribution in [2.45, 2.75) is 38.0 Å². The number of benzene rings is 1. The van der Waals surface area contributed by atoms with E-state index in [0.29, 0.717) is 0 Å². The molecule has 1 amide bonds. The summed E-state index contributed by atoms with van der Waals surface area (Å²) in [7, 11) is 0. The van der Waals surface area contributed by atoms with Crippen molar-refractivity contribution in [1.29, 1.82) is 0 Å². The first-order valence-corrected chi connectivity index (χ1v) is 7.49. The summed E-state index contributed by atoms with van der Waals surface area (Å²) >= 11 is 0. The SMILES string of the molecule is CC1NNC(C)C1c1ccc(C2=NNC(=O)OC2)cc1C(F)(F)F. The van der Waals surface area contributed by atoms with Crippen molar-refractivity contribution in [2.75, 3.05) is 6.61 Å². The molecule has 1 aromatic carbocycles. The molecule has 3 N–H and O–H groups in total. The molecule has 0 aliphatic carbocycles. The third kappa shape index (κ3) is 3.09. The predicted molar refractivity (Wildman–Crippen MR) is 80.4 cm³/mol. The van der Waals surface area contributed by atoms with Gasteiger partial charge in [0.2, 0.25) is 0 Å². The van der Waals surface area contributed by atoms with Gasteiger partial charge in [0.15, 0.2) is 0 Å². The second-order valence-corrected chi connectivity index (χ2v) is 5.94. The number of cyclic esters (lactones) is 1. The lowest BCUT2D eigenvalue weighted by molar-refractivity contribution is -0.138. The van der Waals surface area contributed by atoms with Gasteiger partial charge in [-0.15, -0.1) is 0 Å². The Morgan fingerprint density at radius 1 is 1.21 bits per heavy atom. The molecule has 6 nitrogen and oxygen atoms in total. The fourth-order valence-electron chi connectivity index (χ4n) is 3.15. The molecule has 2 unspecified atom stereocenters. The number of halogens is 3. The quantitative estimate of drug-likeness (QED) is 0.770. The molecule has 2 aliphatic heterocycles. The highest BCUT2D eigenvalue weighted by Gasteiger charge is 2.40. The van der Waals surface area contributed by atoms with Crippen molar-refractivity contribution in [3.63, 3.8) is 0 Å². The van der Waals surface area contributed by atoms with Crippen LogP contribution in [0, 0.1) is 0 Å². The van der Waals surface area contributed by atoms with E-state index in [9.17, 15) is 18.0 Å². The second-order valence-electron chi connectivity index (χ2n) is 5.94. The summed E-state index contributed by atoms with van der Waals surface area (Å²) in [5.41, 5.74) is 8.08. The van der Waals surface area contributed by atoms with Crippen LogP contribution in [0.1, 0.15) is 36.5 Å². The Morgan fingerprint density at radius 3 is 2.42 bits per heavy atom. The van der Waals surface area contributed by atoms with Gasteiger partial charge < -0.3 is 4.74 Å². The van der Waals surface area contributed by atoms with Gasteiger partial charge in [0, 0.05) is 23.6 Å². The van der Waals surface area contributed by atoms with Crippen LogP contribution >= 0.6 is 0 Å². The molecule has 3 rings (SSSR count). The summed E-state index contributed by atoms with van der Waals surface area (Å²) in [6.45, 7) is 3.51. The summed E-state index contributed by atoms with van der Waals surface area (Å²) in [6, 6.07) is 3.83. The minimum Gasteiger partial charge on any atom is -0.442 e. The highest BCUT2D eigenvalue weighted by Crippen LogP contribution is 2.39. The number of amides is 1. The van der Waals surface area contributed by atoms with E-state index in [1.54, 1.807) is 6.07 Å². The number of hydrogen-bond donors (Lipinski definition) is 3. The number of carbonyl (C=O) groups is 1. The molecule has 130 valence electrons. The second kappa shape index (κ2) is 6.06. The minimum atomic E-state index is -4.49. The molecule has 24 heavy (non-hydrogen) atoms. The lowest BCUT2D eigenvalue weighted by Crippen LogP contribution is -2.31. The molecular formula is C15H17F3N4O2. The van der Waals surface area contributed by atoms with Gasteiger partial charge in [-0.2, -0.15) is 18.3 Å². The first-order valence-electron chi connectivity index (χ1n) is 7.49. The average molecular weight is 342 g/mol.